The second-order valence-electron chi connectivity index (χ2n) is 3.10. The van der Waals surface area contributed by atoms with Crippen molar-refractivity contribution in [2.75, 3.05) is 6.61 Å². The van der Waals surface area contributed by atoms with Gasteiger partial charge in [-0.05, 0) is 24.6 Å². The van der Waals surface area contributed by atoms with Crippen molar-refractivity contribution in [2.45, 2.75) is 12.8 Å². The number of unbranched alkanes of at least 4 members (excludes halogenated alkanes) is 1. The molecule has 1 aromatic rings. The second-order valence-corrected chi connectivity index (χ2v) is 3.10. The summed E-state index contributed by atoms with van der Waals surface area (Å²) in [4.78, 5) is 10.8. The lowest BCUT2D eigenvalue weighted by Gasteiger charge is -2.08. The van der Waals surface area contributed by atoms with Crippen LogP contribution < -0.4 is 4.74 Å². The molecule has 16 heavy (non-hydrogen) atoms. The van der Waals surface area contributed by atoms with Gasteiger partial charge in [-0.15, -0.1) is 12.3 Å². The number of hydrogen-bond acceptors (Lipinski definition) is 2. The van der Waals surface area contributed by atoms with Gasteiger partial charge in [0.1, 0.15) is 17.1 Å². The maximum Gasteiger partial charge on any atom is 0.339 e. The van der Waals surface area contributed by atoms with E-state index in [0.717, 1.165) is 12.1 Å². The fourth-order valence-corrected chi connectivity index (χ4v) is 1.15. The molecule has 1 rings (SSSR count). The first-order valence-electron chi connectivity index (χ1n) is 4.74. The Morgan fingerprint density at radius 2 is 2.31 bits per heavy atom. The number of terminal acetylenes is 1. The van der Waals surface area contributed by atoms with Crippen LogP contribution in [-0.4, -0.2) is 17.7 Å². The molecule has 0 spiro atoms. The molecule has 1 aromatic carbocycles. The third-order valence-electron chi connectivity index (χ3n) is 1.90. The summed E-state index contributed by atoms with van der Waals surface area (Å²) in [6.07, 6.45) is 6.25. The van der Waals surface area contributed by atoms with Crippen molar-refractivity contribution >= 4 is 5.97 Å². The van der Waals surface area contributed by atoms with E-state index >= 15 is 0 Å². The zero-order valence-corrected chi connectivity index (χ0v) is 8.57. The van der Waals surface area contributed by atoms with Gasteiger partial charge in [0, 0.05) is 6.42 Å². The van der Waals surface area contributed by atoms with Gasteiger partial charge >= 0.3 is 5.97 Å². The minimum Gasteiger partial charge on any atom is -0.493 e. The smallest absolute Gasteiger partial charge is 0.339 e. The molecule has 0 atom stereocenters. The highest BCUT2D eigenvalue weighted by Gasteiger charge is 2.12. The van der Waals surface area contributed by atoms with Crippen molar-refractivity contribution in [2.24, 2.45) is 0 Å². The zero-order chi connectivity index (χ0) is 12.0. The molecule has 0 saturated carbocycles. The van der Waals surface area contributed by atoms with Crippen molar-refractivity contribution in [3.8, 4) is 18.1 Å². The predicted molar refractivity (Wildman–Crippen MR) is 56.9 cm³/mol. The lowest BCUT2D eigenvalue weighted by Crippen LogP contribution is -2.04. The van der Waals surface area contributed by atoms with Gasteiger partial charge in [0.25, 0.3) is 0 Å². The quantitative estimate of drug-likeness (QED) is 0.614. The first-order chi connectivity index (χ1) is 7.65. The molecular weight excluding hydrogens is 211 g/mol. The molecule has 4 heteroatoms. The number of carbonyl (C=O) groups is 1. The van der Waals surface area contributed by atoms with Crippen molar-refractivity contribution < 1.29 is 19.0 Å². The number of carboxylic acids is 1. The molecule has 0 fully saturated rings. The van der Waals surface area contributed by atoms with Crippen LogP contribution >= 0.6 is 0 Å². The van der Waals surface area contributed by atoms with Crippen LogP contribution in [0.25, 0.3) is 0 Å². The number of hydrogen-bond donors (Lipinski definition) is 1. The first-order valence-corrected chi connectivity index (χ1v) is 4.74. The third kappa shape index (κ3) is 3.28. The van der Waals surface area contributed by atoms with E-state index < -0.39 is 11.8 Å². The zero-order valence-electron chi connectivity index (χ0n) is 8.57. The van der Waals surface area contributed by atoms with E-state index in [0.29, 0.717) is 19.4 Å². The molecule has 0 radical (unpaired) electrons. The lowest BCUT2D eigenvalue weighted by atomic mass is 10.2. The summed E-state index contributed by atoms with van der Waals surface area (Å²) in [5, 5.41) is 8.81. The number of halogens is 1. The van der Waals surface area contributed by atoms with E-state index in [2.05, 4.69) is 5.92 Å². The van der Waals surface area contributed by atoms with Gasteiger partial charge < -0.3 is 9.84 Å². The summed E-state index contributed by atoms with van der Waals surface area (Å²) in [5.74, 6) is 0.783. The van der Waals surface area contributed by atoms with Gasteiger partial charge in [0.2, 0.25) is 0 Å². The molecule has 0 saturated heterocycles. The van der Waals surface area contributed by atoms with E-state index in [9.17, 15) is 9.18 Å². The van der Waals surface area contributed by atoms with E-state index in [4.69, 9.17) is 16.3 Å². The Morgan fingerprint density at radius 3 is 2.94 bits per heavy atom. The number of carboxylic acid groups (broad SMARTS) is 1. The molecule has 0 heterocycles. The molecule has 0 aliphatic rings. The Hall–Kier alpha value is -2.02. The van der Waals surface area contributed by atoms with Crippen molar-refractivity contribution in [3.63, 3.8) is 0 Å². The second kappa shape index (κ2) is 5.76. The van der Waals surface area contributed by atoms with Crippen LogP contribution in [0.1, 0.15) is 23.2 Å². The highest BCUT2D eigenvalue weighted by Crippen LogP contribution is 2.19. The average Bonchev–Trinajstić information content (AvgIpc) is 2.26. The molecule has 0 aliphatic heterocycles. The summed E-state index contributed by atoms with van der Waals surface area (Å²) in [7, 11) is 0. The van der Waals surface area contributed by atoms with E-state index in [1.807, 2.05) is 0 Å². The normalized spacial score (nSPS) is 9.50. The Morgan fingerprint density at radius 1 is 1.56 bits per heavy atom. The summed E-state index contributed by atoms with van der Waals surface area (Å²) in [6, 6.07) is 3.39. The predicted octanol–water partition coefficient (Wildman–Crippen LogP) is 2.32. The number of benzene rings is 1. The Balaban J connectivity index is 2.72. The molecule has 1 N–H and O–H groups in total. The number of rotatable bonds is 5. The molecule has 0 aromatic heterocycles. The first kappa shape index (κ1) is 12.1. The van der Waals surface area contributed by atoms with Crippen molar-refractivity contribution in [1.82, 2.24) is 0 Å². The molecule has 0 unspecified atom stereocenters. The van der Waals surface area contributed by atoms with Gasteiger partial charge in [-0.1, -0.05) is 0 Å². The monoisotopic (exact) mass is 222 g/mol. The topological polar surface area (TPSA) is 46.5 Å². The minimum atomic E-state index is -1.22. The molecule has 0 bridgehead atoms. The Labute approximate surface area is 92.9 Å². The summed E-state index contributed by atoms with van der Waals surface area (Å²) in [6.45, 7) is 0.316. The van der Waals surface area contributed by atoms with Crippen LogP contribution in [0.3, 0.4) is 0 Å². The molecule has 0 amide bonds. The summed E-state index contributed by atoms with van der Waals surface area (Å²) < 4.78 is 18.0. The fourth-order valence-electron chi connectivity index (χ4n) is 1.15. The van der Waals surface area contributed by atoms with E-state index in [-0.39, 0.29) is 11.3 Å². The minimum absolute atomic E-state index is 0.158. The molecule has 84 valence electrons. The van der Waals surface area contributed by atoms with Gasteiger partial charge in [0.15, 0.2) is 0 Å². The van der Waals surface area contributed by atoms with Crippen LogP contribution in [0.5, 0.6) is 5.75 Å². The SMILES string of the molecule is C#CCCCOc1ccc(F)cc1C(=O)O. The van der Waals surface area contributed by atoms with Gasteiger partial charge in [-0.25, -0.2) is 9.18 Å². The maximum absolute atomic E-state index is 12.8. The van der Waals surface area contributed by atoms with Crippen LogP contribution in [0, 0.1) is 18.2 Å². The highest BCUT2D eigenvalue weighted by atomic mass is 19.1. The number of aromatic carboxylic acids is 1. The summed E-state index contributed by atoms with van der Waals surface area (Å²) >= 11 is 0. The standard InChI is InChI=1S/C12H11FO3/c1-2-3-4-7-16-11-6-5-9(13)8-10(11)12(14)15/h1,5-6,8H,3-4,7H2,(H,14,15). The Kier molecular flexibility index (Phi) is 4.34. The molecular formula is C12H11FO3. The van der Waals surface area contributed by atoms with Crippen LogP contribution in [0.4, 0.5) is 4.39 Å². The average molecular weight is 222 g/mol. The van der Waals surface area contributed by atoms with Crippen LogP contribution in [0.15, 0.2) is 18.2 Å². The van der Waals surface area contributed by atoms with Crippen molar-refractivity contribution in [1.29, 1.82) is 0 Å². The molecule has 0 aliphatic carbocycles. The fraction of sp³-hybridized carbons (Fsp3) is 0.250. The van der Waals surface area contributed by atoms with Gasteiger partial charge in [-0.3, -0.25) is 0 Å². The number of ether oxygens (including phenoxy) is 1. The van der Waals surface area contributed by atoms with Gasteiger partial charge in [0.05, 0.1) is 6.61 Å². The van der Waals surface area contributed by atoms with Crippen molar-refractivity contribution in [3.05, 3.63) is 29.6 Å². The largest absolute Gasteiger partial charge is 0.493 e. The third-order valence-corrected chi connectivity index (χ3v) is 1.90. The lowest BCUT2D eigenvalue weighted by molar-refractivity contribution is 0.0691. The van der Waals surface area contributed by atoms with E-state index in [1.54, 1.807) is 0 Å². The highest BCUT2D eigenvalue weighted by molar-refractivity contribution is 5.90. The van der Waals surface area contributed by atoms with Gasteiger partial charge in [-0.2, -0.15) is 0 Å². The Bertz CT molecular complexity index is 421. The molecule has 3 nitrogen and oxygen atoms in total. The maximum atomic E-state index is 12.8. The summed E-state index contributed by atoms with van der Waals surface area (Å²) in [5.41, 5.74) is -0.180. The van der Waals surface area contributed by atoms with Crippen LogP contribution in [0.2, 0.25) is 0 Å². The van der Waals surface area contributed by atoms with E-state index in [1.165, 1.54) is 6.07 Å². The van der Waals surface area contributed by atoms with Crippen LogP contribution in [-0.2, 0) is 0 Å².